The summed E-state index contributed by atoms with van der Waals surface area (Å²) in [5.74, 6) is 6.36. The van der Waals surface area contributed by atoms with Crippen molar-refractivity contribution in [3.05, 3.63) is 35.4 Å². The van der Waals surface area contributed by atoms with Crippen LogP contribution in [0.1, 0.15) is 50.8 Å². The quantitative estimate of drug-likeness (QED) is 0.604. The Morgan fingerprint density at radius 1 is 1.19 bits per heavy atom. The van der Waals surface area contributed by atoms with Gasteiger partial charge in [0, 0.05) is 6.04 Å². The third kappa shape index (κ3) is 2.45. The van der Waals surface area contributed by atoms with E-state index < -0.39 is 0 Å². The Hall–Kier alpha value is -0.860. The van der Waals surface area contributed by atoms with Crippen LogP contribution in [0.25, 0.3) is 0 Å². The predicted octanol–water partition coefficient (Wildman–Crippen LogP) is 2.90. The largest absolute Gasteiger partial charge is 0.271 e. The molecular formula is C14H22N2. The fraction of sp³-hybridized carbons (Fsp3) is 0.571. The van der Waals surface area contributed by atoms with Gasteiger partial charge in [-0.15, -0.1) is 0 Å². The van der Waals surface area contributed by atoms with Gasteiger partial charge in [0.05, 0.1) is 0 Å². The lowest BCUT2D eigenvalue weighted by Gasteiger charge is -2.21. The first kappa shape index (κ1) is 11.6. The van der Waals surface area contributed by atoms with Gasteiger partial charge < -0.3 is 0 Å². The lowest BCUT2D eigenvalue weighted by molar-refractivity contribution is 0.496. The molecule has 1 saturated carbocycles. The molecule has 1 aliphatic rings. The van der Waals surface area contributed by atoms with E-state index in [9.17, 15) is 0 Å². The summed E-state index contributed by atoms with van der Waals surface area (Å²) < 4.78 is 0. The second-order valence-corrected chi connectivity index (χ2v) is 5.85. The molecule has 0 aromatic heterocycles. The highest BCUT2D eigenvalue weighted by Gasteiger charge is 2.31. The zero-order valence-corrected chi connectivity index (χ0v) is 10.5. The maximum Gasteiger partial charge on any atom is 0.0488 e. The molecule has 1 aromatic rings. The standard InChI is InChI=1S/C14H22N2/c1-14(2,3)12-8-6-11(7-9-12)13(16-15)10-4-5-10/h6-10,13,16H,4-5,15H2,1-3H3/t13-/m1/s1. The Labute approximate surface area is 98.2 Å². The minimum Gasteiger partial charge on any atom is -0.271 e. The number of nitrogens with two attached hydrogens (primary N) is 1. The van der Waals surface area contributed by atoms with Crippen molar-refractivity contribution in [2.75, 3.05) is 0 Å². The summed E-state index contributed by atoms with van der Waals surface area (Å²) in [6.45, 7) is 6.71. The van der Waals surface area contributed by atoms with Crippen molar-refractivity contribution in [3.63, 3.8) is 0 Å². The third-order valence-electron chi connectivity index (χ3n) is 3.41. The maximum absolute atomic E-state index is 5.62. The van der Waals surface area contributed by atoms with Gasteiger partial charge in [-0.25, -0.2) is 0 Å². The van der Waals surface area contributed by atoms with E-state index in [1.807, 2.05) is 0 Å². The summed E-state index contributed by atoms with van der Waals surface area (Å²) in [7, 11) is 0. The van der Waals surface area contributed by atoms with Crippen LogP contribution in [0.3, 0.4) is 0 Å². The predicted molar refractivity (Wildman–Crippen MR) is 67.9 cm³/mol. The van der Waals surface area contributed by atoms with E-state index >= 15 is 0 Å². The van der Waals surface area contributed by atoms with Crippen LogP contribution in [0, 0.1) is 5.92 Å². The SMILES string of the molecule is CC(C)(C)c1ccc([C@H](NN)C2CC2)cc1. The van der Waals surface area contributed by atoms with Crippen molar-refractivity contribution >= 4 is 0 Å². The summed E-state index contributed by atoms with van der Waals surface area (Å²) in [4.78, 5) is 0. The highest BCUT2D eigenvalue weighted by molar-refractivity contribution is 5.30. The third-order valence-corrected chi connectivity index (χ3v) is 3.41. The second-order valence-electron chi connectivity index (χ2n) is 5.85. The topological polar surface area (TPSA) is 38.0 Å². The Morgan fingerprint density at radius 3 is 2.12 bits per heavy atom. The van der Waals surface area contributed by atoms with Crippen LogP contribution < -0.4 is 11.3 Å². The number of nitrogens with one attached hydrogen (secondary N) is 1. The molecule has 0 unspecified atom stereocenters. The molecule has 1 aromatic carbocycles. The molecule has 0 saturated heterocycles. The average molecular weight is 218 g/mol. The molecule has 1 aliphatic carbocycles. The van der Waals surface area contributed by atoms with Gasteiger partial charge >= 0.3 is 0 Å². The van der Waals surface area contributed by atoms with E-state index in [1.54, 1.807) is 0 Å². The van der Waals surface area contributed by atoms with E-state index in [-0.39, 0.29) is 5.41 Å². The highest BCUT2D eigenvalue weighted by Crippen LogP contribution is 2.40. The van der Waals surface area contributed by atoms with Crippen molar-refractivity contribution in [2.24, 2.45) is 11.8 Å². The van der Waals surface area contributed by atoms with Crippen LogP contribution >= 0.6 is 0 Å². The van der Waals surface area contributed by atoms with E-state index in [2.05, 4.69) is 50.5 Å². The van der Waals surface area contributed by atoms with Crippen molar-refractivity contribution in [3.8, 4) is 0 Å². The number of benzene rings is 1. The molecule has 0 amide bonds. The lowest BCUT2D eigenvalue weighted by Crippen LogP contribution is -2.29. The first-order valence-corrected chi connectivity index (χ1v) is 6.09. The Morgan fingerprint density at radius 2 is 1.75 bits per heavy atom. The molecule has 1 atom stereocenters. The number of hydrogen-bond acceptors (Lipinski definition) is 2. The first-order chi connectivity index (χ1) is 7.52. The molecule has 0 radical (unpaired) electrons. The van der Waals surface area contributed by atoms with E-state index in [1.165, 1.54) is 24.0 Å². The summed E-state index contributed by atoms with van der Waals surface area (Å²) in [5, 5.41) is 0. The van der Waals surface area contributed by atoms with E-state index in [4.69, 9.17) is 5.84 Å². The van der Waals surface area contributed by atoms with Gasteiger partial charge in [-0.05, 0) is 35.3 Å². The van der Waals surface area contributed by atoms with Gasteiger partial charge in [0.2, 0.25) is 0 Å². The zero-order valence-electron chi connectivity index (χ0n) is 10.5. The fourth-order valence-corrected chi connectivity index (χ4v) is 2.12. The Bertz CT molecular complexity index is 344. The van der Waals surface area contributed by atoms with Crippen LogP contribution in [0.4, 0.5) is 0 Å². The molecule has 2 heteroatoms. The Balaban J connectivity index is 2.18. The lowest BCUT2D eigenvalue weighted by atomic mass is 9.86. The Kier molecular flexibility index (Phi) is 3.04. The van der Waals surface area contributed by atoms with Gasteiger partial charge in [0.25, 0.3) is 0 Å². The van der Waals surface area contributed by atoms with Crippen molar-refractivity contribution in [1.82, 2.24) is 5.43 Å². The maximum atomic E-state index is 5.62. The van der Waals surface area contributed by atoms with Gasteiger partial charge in [0.15, 0.2) is 0 Å². The van der Waals surface area contributed by atoms with E-state index in [0.717, 1.165) is 5.92 Å². The second kappa shape index (κ2) is 4.19. The van der Waals surface area contributed by atoms with Gasteiger partial charge in [0.1, 0.15) is 0 Å². The van der Waals surface area contributed by atoms with Crippen molar-refractivity contribution in [1.29, 1.82) is 0 Å². The summed E-state index contributed by atoms with van der Waals surface area (Å²) >= 11 is 0. The van der Waals surface area contributed by atoms with Crippen molar-refractivity contribution < 1.29 is 0 Å². The summed E-state index contributed by atoms with van der Waals surface area (Å²) in [5.41, 5.74) is 5.86. The highest BCUT2D eigenvalue weighted by atomic mass is 15.2. The van der Waals surface area contributed by atoms with Gasteiger partial charge in [-0.2, -0.15) is 0 Å². The van der Waals surface area contributed by atoms with Gasteiger partial charge in [-0.1, -0.05) is 45.0 Å². The minimum absolute atomic E-state index is 0.226. The van der Waals surface area contributed by atoms with Crippen molar-refractivity contribution in [2.45, 2.75) is 45.1 Å². The molecule has 1 fully saturated rings. The van der Waals surface area contributed by atoms with Crippen LogP contribution in [-0.4, -0.2) is 0 Å². The van der Waals surface area contributed by atoms with Crippen LogP contribution in [-0.2, 0) is 5.41 Å². The normalized spacial score (nSPS) is 18.5. The van der Waals surface area contributed by atoms with Crippen LogP contribution in [0.5, 0.6) is 0 Å². The summed E-state index contributed by atoms with van der Waals surface area (Å²) in [6.07, 6.45) is 2.60. The molecule has 0 aliphatic heterocycles. The smallest absolute Gasteiger partial charge is 0.0488 e. The molecule has 2 nitrogen and oxygen atoms in total. The van der Waals surface area contributed by atoms with Crippen LogP contribution in [0.15, 0.2) is 24.3 Å². The zero-order chi connectivity index (χ0) is 11.8. The fourth-order valence-electron chi connectivity index (χ4n) is 2.12. The van der Waals surface area contributed by atoms with Gasteiger partial charge in [-0.3, -0.25) is 11.3 Å². The number of hydrogen-bond donors (Lipinski definition) is 2. The number of rotatable bonds is 3. The molecule has 0 bridgehead atoms. The molecule has 88 valence electrons. The molecule has 2 rings (SSSR count). The first-order valence-electron chi connectivity index (χ1n) is 6.09. The monoisotopic (exact) mass is 218 g/mol. The molecule has 0 heterocycles. The summed E-state index contributed by atoms with van der Waals surface area (Å²) in [6, 6.07) is 9.21. The van der Waals surface area contributed by atoms with E-state index in [0.29, 0.717) is 6.04 Å². The molecule has 0 spiro atoms. The molecule has 16 heavy (non-hydrogen) atoms. The molecular weight excluding hydrogens is 196 g/mol. The minimum atomic E-state index is 0.226. The average Bonchev–Trinajstić information content (AvgIpc) is 3.03. The molecule has 3 N–H and O–H groups in total. The van der Waals surface area contributed by atoms with Crippen LogP contribution in [0.2, 0.25) is 0 Å². The number of hydrazine groups is 1.